The Kier molecular flexibility index (Phi) is 6.39. The number of carbonyl (C=O) groups is 1. The lowest BCUT2D eigenvalue weighted by atomic mass is 9.33. The molecule has 0 radical (unpaired) electrons. The van der Waals surface area contributed by atoms with E-state index in [2.05, 4.69) is 120 Å². The van der Waals surface area contributed by atoms with Gasteiger partial charge in [-0.05, 0) is 128 Å². The fraction of sp³-hybridized carbons (Fsp3) is 0.605. The zero-order valence-electron chi connectivity index (χ0n) is 29.7. The third kappa shape index (κ3) is 3.93. The number of allylic oxidation sites excluding steroid dienone is 2. The number of aryl methyl sites for hydroxylation is 1. The average Bonchev–Trinajstić information content (AvgIpc) is 3.37. The third-order valence-corrected chi connectivity index (χ3v) is 15.6. The van der Waals surface area contributed by atoms with E-state index in [1.165, 1.54) is 41.4 Å². The number of aromatic amines is 1. The first kappa shape index (κ1) is 30.5. The number of anilines is 1. The van der Waals surface area contributed by atoms with Crippen LogP contribution in [0.5, 0.6) is 0 Å². The Morgan fingerprint density at radius 2 is 1.57 bits per heavy atom. The first-order valence-corrected chi connectivity index (χ1v) is 18.3. The SMILES string of the molecule is Cc1ccc(NC(=O)[C@]23CCC(C)(C)C[C@H]2C2=CC[C@@H]4[C@@]5(C)Cc6c([nH]c7ccccc67)C(C)(C)[C@@H]5CC[C@@]4(C)[C@]2(C)CC3)cc1. The number of benzene rings is 2. The predicted molar refractivity (Wildman–Crippen MR) is 191 cm³/mol. The largest absolute Gasteiger partial charge is 0.358 e. The Balaban J connectivity index is 1.20. The summed E-state index contributed by atoms with van der Waals surface area (Å²) in [5.74, 6) is 1.85. The van der Waals surface area contributed by atoms with Crippen molar-refractivity contribution in [2.24, 2.45) is 44.8 Å². The molecule has 3 aromatic rings. The highest BCUT2D eigenvalue weighted by Crippen LogP contribution is 2.75. The molecule has 3 nitrogen and oxygen atoms in total. The Morgan fingerprint density at radius 3 is 2.33 bits per heavy atom. The van der Waals surface area contributed by atoms with Crippen molar-refractivity contribution in [3.63, 3.8) is 0 Å². The smallest absolute Gasteiger partial charge is 0.231 e. The molecule has 3 fully saturated rings. The fourth-order valence-corrected chi connectivity index (χ4v) is 12.8. The van der Waals surface area contributed by atoms with Crippen LogP contribution < -0.4 is 5.32 Å². The maximum Gasteiger partial charge on any atom is 0.231 e. The van der Waals surface area contributed by atoms with E-state index < -0.39 is 0 Å². The number of fused-ring (bicyclic) bond motifs is 10. The van der Waals surface area contributed by atoms with E-state index in [4.69, 9.17) is 0 Å². The van der Waals surface area contributed by atoms with Gasteiger partial charge in [0.1, 0.15) is 0 Å². The monoisotopic (exact) mass is 616 g/mol. The van der Waals surface area contributed by atoms with Gasteiger partial charge in [0, 0.05) is 27.7 Å². The van der Waals surface area contributed by atoms with Crippen molar-refractivity contribution >= 4 is 22.5 Å². The van der Waals surface area contributed by atoms with Crippen LogP contribution in [0.4, 0.5) is 5.69 Å². The highest BCUT2D eigenvalue weighted by molar-refractivity contribution is 5.96. The van der Waals surface area contributed by atoms with Crippen LogP contribution in [0.15, 0.2) is 60.2 Å². The summed E-state index contributed by atoms with van der Waals surface area (Å²) in [6, 6.07) is 17.4. The molecule has 0 bridgehead atoms. The molecule has 2 N–H and O–H groups in total. The average molecular weight is 617 g/mol. The van der Waals surface area contributed by atoms with Gasteiger partial charge in [0.15, 0.2) is 0 Å². The van der Waals surface area contributed by atoms with Crippen LogP contribution in [0.25, 0.3) is 10.9 Å². The first-order valence-electron chi connectivity index (χ1n) is 18.3. The van der Waals surface area contributed by atoms with E-state index in [0.29, 0.717) is 17.8 Å². The number of carbonyl (C=O) groups excluding carboxylic acids is 1. The number of aromatic nitrogens is 1. The number of nitrogens with one attached hydrogen (secondary N) is 2. The quantitative estimate of drug-likeness (QED) is 0.276. The minimum Gasteiger partial charge on any atom is -0.358 e. The van der Waals surface area contributed by atoms with Gasteiger partial charge in [-0.2, -0.15) is 0 Å². The molecular formula is C43H56N2O. The molecule has 3 heteroatoms. The molecular weight excluding hydrogens is 560 g/mol. The summed E-state index contributed by atoms with van der Waals surface area (Å²) in [5.41, 5.74) is 8.77. The molecule has 5 aliphatic carbocycles. The Labute approximate surface area is 277 Å². The number of amides is 1. The summed E-state index contributed by atoms with van der Waals surface area (Å²) in [6.07, 6.45) is 12.9. The zero-order chi connectivity index (χ0) is 32.5. The van der Waals surface area contributed by atoms with Crippen LogP contribution in [0.2, 0.25) is 0 Å². The first-order chi connectivity index (χ1) is 21.6. The van der Waals surface area contributed by atoms with Crippen molar-refractivity contribution in [3.8, 4) is 0 Å². The van der Waals surface area contributed by atoms with Gasteiger partial charge in [0.25, 0.3) is 0 Å². The van der Waals surface area contributed by atoms with Gasteiger partial charge in [0.05, 0.1) is 5.41 Å². The second-order valence-corrected chi connectivity index (χ2v) is 18.6. The van der Waals surface area contributed by atoms with E-state index in [9.17, 15) is 4.79 Å². The van der Waals surface area contributed by atoms with Crippen molar-refractivity contribution < 1.29 is 4.79 Å². The molecule has 2 aromatic carbocycles. The highest BCUT2D eigenvalue weighted by atomic mass is 16.2. The van der Waals surface area contributed by atoms with Crippen LogP contribution in [0.1, 0.15) is 117 Å². The molecule has 8 rings (SSSR count). The molecule has 0 spiro atoms. The molecule has 0 aliphatic heterocycles. The lowest BCUT2D eigenvalue weighted by Gasteiger charge is -2.70. The molecule has 0 unspecified atom stereocenters. The van der Waals surface area contributed by atoms with E-state index >= 15 is 0 Å². The number of hydrogen-bond donors (Lipinski definition) is 2. The maximum absolute atomic E-state index is 14.5. The van der Waals surface area contributed by atoms with E-state index in [0.717, 1.165) is 44.2 Å². The van der Waals surface area contributed by atoms with Crippen molar-refractivity contribution in [1.82, 2.24) is 4.98 Å². The van der Waals surface area contributed by atoms with Crippen LogP contribution in [0.3, 0.4) is 0 Å². The summed E-state index contributed by atoms with van der Waals surface area (Å²) in [5, 5.41) is 4.87. The topological polar surface area (TPSA) is 44.9 Å². The zero-order valence-corrected chi connectivity index (χ0v) is 29.7. The maximum atomic E-state index is 14.5. The fourth-order valence-electron chi connectivity index (χ4n) is 12.8. The minimum absolute atomic E-state index is 0.108. The normalized spacial score (nSPS) is 38.8. The van der Waals surface area contributed by atoms with Gasteiger partial charge in [-0.1, -0.05) is 96.0 Å². The Hall–Kier alpha value is -2.81. The van der Waals surface area contributed by atoms with Gasteiger partial charge in [0.2, 0.25) is 5.91 Å². The molecule has 7 atom stereocenters. The second-order valence-electron chi connectivity index (χ2n) is 18.6. The van der Waals surface area contributed by atoms with E-state index in [1.807, 2.05) is 0 Å². The summed E-state index contributed by atoms with van der Waals surface area (Å²) >= 11 is 0. The van der Waals surface area contributed by atoms with Gasteiger partial charge in [-0.3, -0.25) is 4.79 Å². The van der Waals surface area contributed by atoms with Crippen molar-refractivity contribution in [1.29, 1.82) is 0 Å². The molecule has 1 heterocycles. The van der Waals surface area contributed by atoms with Gasteiger partial charge >= 0.3 is 0 Å². The lowest BCUT2D eigenvalue weighted by molar-refractivity contribution is -0.165. The Bertz CT molecular complexity index is 1760. The van der Waals surface area contributed by atoms with Gasteiger partial charge in [-0.15, -0.1) is 0 Å². The molecule has 244 valence electrons. The van der Waals surface area contributed by atoms with Crippen LogP contribution in [-0.2, 0) is 16.6 Å². The number of hydrogen-bond acceptors (Lipinski definition) is 1. The van der Waals surface area contributed by atoms with E-state index in [1.54, 1.807) is 11.1 Å². The summed E-state index contributed by atoms with van der Waals surface area (Å²) in [4.78, 5) is 18.4. The van der Waals surface area contributed by atoms with Crippen molar-refractivity contribution in [2.75, 3.05) is 5.32 Å². The second kappa shape index (κ2) is 9.64. The van der Waals surface area contributed by atoms with Crippen molar-refractivity contribution in [2.45, 2.75) is 119 Å². The summed E-state index contributed by atoms with van der Waals surface area (Å²) < 4.78 is 0. The third-order valence-electron chi connectivity index (χ3n) is 15.6. The molecule has 5 aliphatic rings. The molecule has 0 saturated heterocycles. The van der Waals surface area contributed by atoms with Crippen molar-refractivity contribution in [3.05, 3.63) is 77.0 Å². The summed E-state index contributed by atoms with van der Waals surface area (Å²) in [6.45, 7) is 20.1. The highest BCUT2D eigenvalue weighted by Gasteiger charge is 2.69. The van der Waals surface area contributed by atoms with Crippen LogP contribution >= 0.6 is 0 Å². The molecule has 1 amide bonds. The predicted octanol–water partition coefficient (Wildman–Crippen LogP) is 10.9. The lowest BCUT2D eigenvalue weighted by Crippen LogP contribution is -2.65. The molecule has 46 heavy (non-hydrogen) atoms. The van der Waals surface area contributed by atoms with Crippen LogP contribution in [-0.4, -0.2) is 10.9 Å². The van der Waals surface area contributed by atoms with E-state index in [-0.39, 0.29) is 38.4 Å². The number of H-pyrrole nitrogens is 1. The minimum atomic E-state index is -0.318. The Morgan fingerprint density at radius 1 is 0.848 bits per heavy atom. The van der Waals surface area contributed by atoms with Crippen LogP contribution in [0, 0.1) is 51.8 Å². The number of para-hydroxylation sites is 1. The van der Waals surface area contributed by atoms with Gasteiger partial charge in [-0.25, -0.2) is 0 Å². The standard InChI is InChI=1S/C43H56N2O/c1-27-13-15-28(16-14-27)44-37(46)43-23-21-38(2,3)26-32(43)31-17-18-35-40(6)25-30-29-11-9-10-12-33(29)45-36(30)39(4,5)34(40)19-20-42(35,8)41(31,7)22-24-43/h9-17,32,34-35,45H,18-26H2,1-8H3,(H,44,46)/t32-,34-,35+,40-,41+,42+,43-/m0/s1. The molecule has 1 aromatic heterocycles. The summed E-state index contributed by atoms with van der Waals surface area (Å²) in [7, 11) is 0. The number of rotatable bonds is 2. The van der Waals surface area contributed by atoms with Gasteiger partial charge < -0.3 is 10.3 Å². The molecule has 3 saturated carbocycles.